The van der Waals surface area contributed by atoms with Crippen molar-refractivity contribution >= 4 is 28.7 Å². The minimum atomic E-state index is -1.34. The van der Waals surface area contributed by atoms with Crippen LogP contribution in [0.25, 0.3) is 28.0 Å². The van der Waals surface area contributed by atoms with Crippen LogP contribution in [0.15, 0.2) is 41.7 Å². The average Bonchev–Trinajstić information content (AvgIpc) is 3.01. The number of carbonyl (C=O) groups excluding carboxylic acids is 1. The Kier molecular flexibility index (Phi) is 8.71. The number of aromatic carboxylic acids is 1. The molecule has 0 saturated carbocycles. The van der Waals surface area contributed by atoms with Crippen molar-refractivity contribution in [3.8, 4) is 28.4 Å². The number of phenols is 1. The highest BCUT2D eigenvalue weighted by atomic mass is 19.1. The highest BCUT2D eigenvalue weighted by molar-refractivity contribution is 5.93. The summed E-state index contributed by atoms with van der Waals surface area (Å²) < 4.78 is 16.3. The van der Waals surface area contributed by atoms with Gasteiger partial charge in [0.25, 0.3) is 0 Å². The first kappa shape index (κ1) is 33.0. The number of carboxylic acids is 1. The first-order valence-electron chi connectivity index (χ1n) is 15.2. The van der Waals surface area contributed by atoms with Crippen molar-refractivity contribution < 1.29 is 29.3 Å². The Labute approximate surface area is 269 Å². The molecule has 0 unspecified atom stereocenters. The summed E-state index contributed by atoms with van der Waals surface area (Å²) >= 11 is 0. The Morgan fingerprint density at radius 2 is 1.62 bits per heavy atom. The second-order valence-electron chi connectivity index (χ2n) is 12.2. The van der Waals surface area contributed by atoms with E-state index in [0.29, 0.717) is 6.54 Å². The van der Waals surface area contributed by atoms with E-state index in [4.69, 9.17) is 0 Å². The molecule has 1 aliphatic rings. The van der Waals surface area contributed by atoms with Crippen LogP contribution in [-0.2, 0) is 4.79 Å². The van der Waals surface area contributed by atoms with E-state index in [1.165, 1.54) is 24.3 Å². The summed E-state index contributed by atoms with van der Waals surface area (Å²) in [6, 6.07) is 4.31. The molecule has 1 saturated heterocycles. The molecule has 5 rings (SSSR count). The highest BCUT2D eigenvalue weighted by Gasteiger charge is 2.35. The van der Waals surface area contributed by atoms with Gasteiger partial charge in [0, 0.05) is 25.2 Å². The Bertz CT molecular complexity index is 1940. The summed E-state index contributed by atoms with van der Waals surface area (Å²) in [5, 5.41) is 31.9. The van der Waals surface area contributed by atoms with Crippen LogP contribution in [0.3, 0.4) is 0 Å². The molecule has 0 radical (unpaired) electrons. The number of hydrogen-bond donors (Lipinski definition) is 3. The van der Waals surface area contributed by atoms with Gasteiger partial charge in [0.2, 0.25) is 11.7 Å². The van der Waals surface area contributed by atoms with E-state index in [9.17, 15) is 29.7 Å². The Morgan fingerprint density at radius 1 is 0.979 bits per heavy atom. The first-order chi connectivity index (χ1) is 22.2. The van der Waals surface area contributed by atoms with Crippen molar-refractivity contribution in [3.05, 3.63) is 70.4 Å². The molecule has 47 heavy (non-hydrogen) atoms. The van der Waals surface area contributed by atoms with E-state index in [1.807, 2.05) is 18.7 Å². The lowest BCUT2D eigenvalue weighted by molar-refractivity contribution is -0.128. The third-order valence-corrected chi connectivity index (χ3v) is 8.22. The van der Waals surface area contributed by atoms with Crippen LogP contribution in [0.4, 0.5) is 10.2 Å². The van der Waals surface area contributed by atoms with Gasteiger partial charge in [0.05, 0.1) is 28.0 Å². The van der Waals surface area contributed by atoms with Gasteiger partial charge >= 0.3 is 11.7 Å². The van der Waals surface area contributed by atoms with E-state index in [2.05, 4.69) is 26.5 Å². The van der Waals surface area contributed by atoms with E-state index in [1.54, 1.807) is 32.6 Å². The maximum absolute atomic E-state index is 15.2. The number of aromatic nitrogens is 5. The van der Waals surface area contributed by atoms with Crippen molar-refractivity contribution in [1.29, 1.82) is 0 Å². The number of carbonyl (C=O) groups is 2. The van der Waals surface area contributed by atoms with Crippen LogP contribution >= 0.6 is 0 Å². The molecule has 4 heterocycles. The second-order valence-corrected chi connectivity index (χ2v) is 12.2. The predicted molar refractivity (Wildman–Crippen MR) is 173 cm³/mol. The number of benzene rings is 1. The zero-order chi connectivity index (χ0) is 34.5. The van der Waals surface area contributed by atoms with E-state index in [-0.39, 0.29) is 69.7 Å². The summed E-state index contributed by atoms with van der Waals surface area (Å²) in [5.41, 5.74) is -0.941. The number of carboxylic acid groups (broad SMARTS) is 1. The van der Waals surface area contributed by atoms with Gasteiger partial charge < -0.3 is 25.1 Å². The summed E-state index contributed by atoms with van der Waals surface area (Å²) in [6.07, 6.45) is 1.24. The molecular formula is C33H36FN7O6. The number of pyridine rings is 1. The van der Waals surface area contributed by atoms with Crippen LogP contribution < -0.4 is 10.6 Å². The van der Waals surface area contributed by atoms with Crippen molar-refractivity contribution in [2.45, 2.75) is 65.5 Å². The predicted octanol–water partition coefficient (Wildman–Crippen LogP) is 4.34. The van der Waals surface area contributed by atoms with Crippen molar-refractivity contribution in [2.24, 2.45) is 0 Å². The SMILES string of the molecule is C=CC(=O)N1C[C@H](C)N(c2nc(=O)n(-c3c(C(C)C)nc(C(=O)O)nc3C(C)C)c3nc(-c4c(O)cccc4F)c(O)cc23)C[C@H]1C. The molecule has 0 aliphatic carbocycles. The van der Waals surface area contributed by atoms with Gasteiger partial charge in [-0.15, -0.1) is 0 Å². The molecule has 0 bridgehead atoms. The number of phenolic OH excluding ortho intramolecular Hbond substituents is 1. The van der Waals surface area contributed by atoms with Gasteiger partial charge in [-0.25, -0.2) is 33.5 Å². The fourth-order valence-corrected chi connectivity index (χ4v) is 5.94. The molecule has 14 heteroatoms. The second kappa shape index (κ2) is 12.4. The zero-order valence-electron chi connectivity index (χ0n) is 26.9. The number of rotatable bonds is 7. The van der Waals surface area contributed by atoms with Crippen molar-refractivity contribution in [2.75, 3.05) is 18.0 Å². The largest absolute Gasteiger partial charge is 0.507 e. The number of aromatic hydroxyl groups is 2. The third kappa shape index (κ3) is 5.75. The molecule has 1 aliphatic heterocycles. The number of amides is 1. The lowest BCUT2D eigenvalue weighted by atomic mass is 10.0. The number of anilines is 1. The molecular weight excluding hydrogens is 609 g/mol. The van der Waals surface area contributed by atoms with Crippen LogP contribution in [0.1, 0.15) is 75.4 Å². The number of piperazine rings is 1. The van der Waals surface area contributed by atoms with E-state index >= 15 is 4.39 Å². The minimum absolute atomic E-state index is 0.0598. The minimum Gasteiger partial charge on any atom is -0.507 e. The number of halogens is 1. The van der Waals surface area contributed by atoms with Crippen molar-refractivity contribution in [1.82, 2.24) is 29.4 Å². The molecule has 2 atom stereocenters. The van der Waals surface area contributed by atoms with Crippen LogP contribution in [0.5, 0.6) is 11.5 Å². The fraction of sp³-hybridized carbons (Fsp3) is 0.364. The molecule has 3 N–H and O–H groups in total. The average molecular weight is 646 g/mol. The lowest BCUT2D eigenvalue weighted by Crippen LogP contribution is -2.58. The van der Waals surface area contributed by atoms with Crippen LogP contribution in [0.2, 0.25) is 0 Å². The maximum atomic E-state index is 15.2. The first-order valence-corrected chi connectivity index (χ1v) is 15.2. The van der Waals surface area contributed by atoms with Crippen molar-refractivity contribution in [3.63, 3.8) is 0 Å². The normalized spacial score (nSPS) is 16.7. The van der Waals surface area contributed by atoms with Gasteiger partial charge in [-0.2, -0.15) is 4.98 Å². The summed E-state index contributed by atoms with van der Waals surface area (Å²) in [7, 11) is 0. The van der Waals surface area contributed by atoms with Crippen LogP contribution in [0, 0.1) is 5.82 Å². The molecule has 4 aromatic rings. The third-order valence-electron chi connectivity index (χ3n) is 8.22. The summed E-state index contributed by atoms with van der Waals surface area (Å²) in [4.78, 5) is 60.0. The number of nitrogens with zero attached hydrogens (tertiary/aromatic N) is 7. The smallest absolute Gasteiger partial charge is 0.373 e. The molecule has 246 valence electrons. The topological polar surface area (TPSA) is 175 Å². The number of hydrogen-bond acceptors (Lipinski definition) is 10. The quantitative estimate of drug-likeness (QED) is 0.244. The molecule has 0 spiro atoms. The Balaban J connectivity index is 1.91. The molecule has 1 fully saturated rings. The van der Waals surface area contributed by atoms with E-state index in [0.717, 1.165) is 10.6 Å². The zero-order valence-corrected chi connectivity index (χ0v) is 26.9. The molecule has 1 amide bonds. The Morgan fingerprint density at radius 3 is 2.17 bits per heavy atom. The summed E-state index contributed by atoms with van der Waals surface area (Å²) in [6.45, 7) is 15.0. The van der Waals surface area contributed by atoms with Gasteiger partial charge in [-0.1, -0.05) is 40.3 Å². The summed E-state index contributed by atoms with van der Waals surface area (Å²) in [5.74, 6) is -4.48. The van der Waals surface area contributed by atoms with Crippen LogP contribution in [-0.4, -0.2) is 81.8 Å². The van der Waals surface area contributed by atoms with Gasteiger partial charge in [0.15, 0.2) is 5.65 Å². The van der Waals surface area contributed by atoms with Gasteiger partial charge in [-0.3, -0.25) is 4.79 Å². The van der Waals surface area contributed by atoms with Gasteiger partial charge in [0.1, 0.15) is 28.8 Å². The highest BCUT2D eigenvalue weighted by Crippen LogP contribution is 2.40. The number of fused-ring (bicyclic) bond motifs is 1. The molecule has 13 nitrogen and oxygen atoms in total. The maximum Gasteiger partial charge on any atom is 0.373 e. The fourth-order valence-electron chi connectivity index (χ4n) is 5.94. The standard InChI is InChI=1S/C33H36FN7O6/c1-8-23(44)39-13-18(7)40(14-17(39)6)30-19-12-22(43)27(24-20(34)10-9-11-21(24)42)37-31(19)41(33(47)38-30)28-25(15(2)3)35-29(32(45)46)36-26(28)16(4)5/h8-12,15-18,42-43H,1,13-14H2,2-7H3,(H,45,46)/t17-,18+/m1/s1. The Hall–Kier alpha value is -5.40. The van der Waals surface area contributed by atoms with Gasteiger partial charge in [-0.05, 0) is 50.0 Å². The van der Waals surface area contributed by atoms with E-state index < -0.39 is 46.6 Å². The monoisotopic (exact) mass is 645 g/mol. The lowest BCUT2D eigenvalue weighted by Gasteiger charge is -2.44. The molecule has 1 aromatic carbocycles. The molecule has 3 aromatic heterocycles.